The largest absolute Gasteiger partial charge is 0.394 e. The molecule has 0 amide bonds. The summed E-state index contributed by atoms with van der Waals surface area (Å²) in [5.74, 6) is -0.342. The number of rotatable bonds is 4. The number of hydrogen-bond donors (Lipinski definition) is 2. The molecular weight excluding hydrogens is 369 g/mol. The monoisotopic (exact) mass is 387 g/mol. The number of H-pyrrole nitrogens is 1. The highest BCUT2D eigenvalue weighted by Gasteiger charge is 2.38. The van der Waals surface area contributed by atoms with Gasteiger partial charge in [-0.05, 0) is 31.2 Å². The number of aliphatic hydroxyl groups is 1. The molecule has 1 fully saturated rings. The minimum absolute atomic E-state index is 0.274. The lowest BCUT2D eigenvalue weighted by Gasteiger charge is -2.15. The normalized spacial score (nSPS) is 21.9. The lowest BCUT2D eigenvalue weighted by Crippen LogP contribution is -2.33. The molecule has 0 radical (unpaired) electrons. The number of aliphatic hydroxyl groups excluding tert-OH is 1. The number of hydrogen-bond acceptors (Lipinski definition) is 6. The molecule has 4 rings (SSSR count). The standard InChI is InChI=1S/C18H18FN5O4/c1-10-7-23(18(27)20-17(10)26)16-6-14(15(9-25)28-16)24-8-13(21-22-24)11-2-4-12(19)5-3-11/h2-5,7-8,14-16,25H,6,9H2,1H3,(H,20,26,27)/t14-,15+,16+/m0/s1. The molecule has 3 aromatic rings. The van der Waals surface area contributed by atoms with Crippen LogP contribution in [-0.4, -0.2) is 42.4 Å². The van der Waals surface area contributed by atoms with Crippen LogP contribution in [0.3, 0.4) is 0 Å². The van der Waals surface area contributed by atoms with Gasteiger partial charge in [0.05, 0.1) is 18.8 Å². The molecule has 9 nitrogen and oxygen atoms in total. The van der Waals surface area contributed by atoms with Crippen LogP contribution in [0.1, 0.15) is 24.3 Å². The number of ether oxygens (including phenoxy) is 1. The van der Waals surface area contributed by atoms with Crippen LogP contribution in [0.2, 0.25) is 0 Å². The smallest absolute Gasteiger partial charge is 0.330 e. The fourth-order valence-corrected chi connectivity index (χ4v) is 3.32. The Morgan fingerprint density at radius 3 is 2.75 bits per heavy atom. The van der Waals surface area contributed by atoms with Crippen molar-refractivity contribution < 1.29 is 14.2 Å². The maximum atomic E-state index is 13.1. The minimum atomic E-state index is -0.663. The molecule has 146 valence electrons. The summed E-state index contributed by atoms with van der Waals surface area (Å²) >= 11 is 0. The van der Waals surface area contributed by atoms with Gasteiger partial charge in [0.2, 0.25) is 0 Å². The third-order valence-electron chi connectivity index (χ3n) is 4.83. The van der Waals surface area contributed by atoms with Gasteiger partial charge in [0, 0.05) is 23.7 Å². The number of halogens is 1. The summed E-state index contributed by atoms with van der Waals surface area (Å²) in [5.41, 5.74) is 0.609. The van der Waals surface area contributed by atoms with Crippen LogP contribution < -0.4 is 11.2 Å². The van der Waals surface area contributed by atoms with Gasteiger partial charge >= 0.3 is 5.69 Å². The molecule has 1 aromatic carbocycles. The van der Waals surface area contributed by atoms with Crippen molar-refractivity contribution in [2.75, 3.05) is 6.61 Å². The van der Waals surface area contributed by atoms with Crippen LogP contribution in [-0.2, 0) is 4.74 Å². The molecule has 0 saturated carbocycles. The molecule has 0 aliphatic carbocycles. The summed E-state index contributed by atoms with van der Waals surface area (Å²) in [7, 11) is 0. The summed E-state index contributed by atoms with van der Waals surface area (Å²) in [4.78, 5) is 26.0. The molecule has 1 saturated heterocycles. The van der Waals surface area contributed by atoms with E-state index in [2.05, 4.69) is 15.3 Å². The number of aromatic amines is 1. The van der Waals surface area contributed by atoms with E-state index in [1.165, 1.54) is 22.9 Å². The second-order valence-electron chi connectivity index (χ2n) is 6.68. The molecule has 2 N–H and O–H groups in total. The van der Waals surface area contributed by atoms with Gasteiger partial charge in [0.25, 0.3) is 5.56 Å². The molecule has 3 heterocycles. The molecule has 1 aliphatic rings. The first-order valence-corrected chi connectivity index (χ1v) is 8.72. The Morgan fingerprint density at radius 2 is 2.04 bits per heavy atom. The Bertz CT molecular complexity index is 1100. The zero-order valence-corrected chi connectivity index (χ0v) is 14.9. The average Bonchev–Trinajstić information content (AvgIpc) is 3.32. The lowest BCUT2D eigenvalue weighted by molar-refractivity contribution is -0.0323. The summed E-state index contributed by atoms with van der Waals surface area (Å²) in [6, 6.07) is 5.51. The molecule has 0 unspecified atom stereocenters. The van der Waals surface area contributed by atoms with E-state index < -0.39 is 23.6 Å². The van der Waals surface area contributed by atoms with Crippen molar-refractivity contribution in [2.24, 2.45) is 0 Å². The molecule has 10 heteroatoms. The molecule has 3 atom stereocenters. The van der Waals surface area contributed by atoms with Crippen LogP contribution in [0.25, 0.3) is 11.3 Å². The summed E-state index contributed by atoms with van der Waals surface area (Å²) in [6.07, 6.45) is 2.21. The third-order valence-corrected chi connectivity index (χ3v) is 4.83. The van der Waals surface area contributed by atoms with Crippen LogP contribution in [0.5, 0.6) is 0 Å². The number of benzene rings is 1. The Labute approximate surface area is 158 Å². The predicted octanol–water partition coefficient (Wildman–Crippen LogP) is 0.764. The fraction of sp³-hybridized carbons (Fsp3) is 0.333. The summed E-state index contributed by atoms with van der Waals surface area (Å²) < 4.78 is 21.8. The van der Waals surface area contributed by atoms with Crippen LogP contribution in [0.15, 0.2) is 46.2 Å². The van der Waals surface area contributed by atoms with Gasteiger partial charge in [0.15, 0.2) is 0 Å². The Hall–Kier alpha value is -3.11. The van der Waals surface area contributed by atoms with Crippen molar-refractivity contribution in [3.05, 3.63) is 68.9 Å². The van der Waals surface area contributed by atoms with E-state index in [-0.39, 0.29) is 18.5 Å². The first-order chi connectivity index (χ1) is 13.5. The topological polar surface area (TPSA) is 115 Å². The van der Waals surface area contributed by atoms with Crippen LogP contribution in [0, 0.1) is 12.7 Å². The van der Waals surface area contributed by atoms with Crippen molar-refractivity contribution in [1.82, 2.24) is 24.5 Å². The van der Waals surface area contributed by atoms with Crippen molar-refractivity contribution in [3.63, 3.8) is 0 Å². The zero-order chi connectivity index (χ0) is 19.8. The molecule has 1 aliphatic heterocycles. The van der Waals surface area contributed by atoms with Gasteiger partial charge in [-0.25, -0.2) is 13.9 Å². The summed E-state index contributed by atoms with van der Waals surface area (Å²) in [6.45, 7) is 1.32. The first-order valence-electron chi connectivity index (χ1n) is 8.72. The molecule has 28 heavy (non-hydrogen) atoms. The Morgan fingerprint density at radius 1 is 1.29 bits per heavy atom. The second kappa shape index (κ2) is 7.13. The molecule has 0 bridgehead atoms. The van der Waals surface area contributed by atoms with Crippen LogP contribution in [0.4, 0.5) is 4.39 Å². The number of nitrogens with one attached hydrogen (secondary N) is 1. The Balaban J connectivity index is 1.62. The SMILES string of the molecule is Cc1cn([C@H]2C[C@H](n3cc(-c4ccc(F)cc4)nn3)[C@@H](CO)O2)c(=O)[nH]c1=O. The fourth-order valence-electron chi connectivity index (χ4n) is 3.32. The number of aromatic nitrogens is 5. The molecular formula is C18H18FN5O4. The van der Waals surface area contributed by atoms with Crippen molar-refractivity contribution >= 4 is 0 Å². The van der Waals surface area contributed by atoms with Gasteiger partial charge in [-0.3, -0.25) is 14.3 Å². The van der Waals surface area contributed by atoms with Crippen LogP contribution >= 0.6 is 0 Å². The zero-order valence-electron chi connectivity index (χ0n) is 14.9. The van der Waals surface area contributed by atoms with Gasteiger partial charge < -0.3 is 9.84 Å². The van der Waals surface area contributed by atoms with Crippen molar-refractivity contribution in [3.8, 4) is 11.3 Å². The van der Waals surface area contributed by atoms with E-state index in [4.69, 9.17) is 4.74 Å². The third kappa shape index (κ3) is 3.27. The lowest BCUT2D eigenvalue weighted by atomic mass is 10.1. The van der Waals surface area contributed by atoms with Crippen molar-refractivity contribution in [2.45, 2.75) is 31.7 Å². The number of nitrogens with zero attached hydrogens (tertiary/aromatic N) is 4. The van der Waals surface area contributed by atoms with E-state index in [1.807, 2.05) is 0 Å². The van der Waals surface area contributed by atoms with E-state index in [0.29, 0.717) is 23.2 Å². The predicted molar refractivity (Wildman–Crippen MR) is 96.1 cm³/mol. The van der Waals surface area contributed by atoms with E-state index in [0.717, 1.165) is 0 Å². The van der Waals surface area contributed by atoms with Gasteiger partial charge in [-0.15, -0.1) is 5.10 Å². The van der Waals surface area contributed by atoms with E-state index in [9.17, 15) is 19.1 Å². The average molecular weight is 387 g/mol. The van der Waals surface area contributed by atoms with Crippen molar-refractivity contribution in [1.29, 1.82) is 0 Å². The molecule has 0 spiro atoms. The van der Waals surface area contributed by atoms with E-state index >= 15 is 0 Å². The first kappa shape index (κ1) is 18.3. The minimum Gasteiger partial charge on any atom is -0.394 e. The Kier molecular flexibility index (Phi) is 4.65. The maximum absolute atomic E-state index is 13.1. The highest BCUT2D eigenvalue weighted by atomic mass is 19.1. The number of aryl methyl sites for hydroxylation is 1. The van der Waals surface area contributed by atoms with E-state index in [1.54, 1.807) is 29.9 Å². The quantitative estimate of drug-likeness (QED) is 0.683. The second-order valence-corrected chi connectivity index (χ2v) is 6.68. The highest BCUT2D eigenvalue weighted by Crippen LogP contribution is 2.36. The highest BCUT2D eigenvalue weighted by molar-refractivity contribution is 5.57. The van der Waals surface area contributed by atoms with Gasteiger partial charge in [0.1, 0.15) is 23.8 Å². The van der Waals surface area contributed by atoms with Gasteiger partial charge in [-0.2, -0.15) is 0 Å². The maximum Gasteiger partial charge on any atom is 0.330 e. The molecule has 2 aromatic heterocycles. The summed E-state index contributed by atoms with van der Waals surface area (Å²) in [5, 5.41) is 17.9. The van der Waals surface area contributed by atoms with Gasteiger partial charge in [-0.1, -0.05) is 5.21 Å².